The van der Waals surface area contributed by atoms with Crippen LogP contribution in [0.25, 0.3) is 0 Å². The van der Waals surface area contributed by atoms with Crippen LogP contribution in [0.4, 0.5) is 0 Å². The lowest BCUT2D eigenvalue weighted by atomic mass is 10.0. The molecule has 0 radical (unpaired) electrons. The number of rotatable bonds is 9. The SMILES string of the molecule is CCNCC(C)C(=O)NCC(CC)CC(=O)O. The predicted molar refractivity (Wildman–Crippen MR) is 66.8 cm³/mol. The Hall–Kier alpha value is -1.10. The lowest BCUT2D eigenvalue weighted by molar-refractivity contribution is -0.138. The van der Waals surface area contributed by atoms with Crippen molar-refractivity contribution in [1.29, 1.82) is 0 Å². The van der Waals surface area contributed by atoms with E-state index in [2.05, 4.69) is 10.6 Å². The summed E-state index contributed by atoms with van der Waals surface area (Å²) in [7, 11) is 0. The van der Waals surface area contributed by atoms with Crippen molar-refractivity contribution >= 4 is 11.9 Å². The van der Waals surface area contributed by atoms with Gasteiger partial charge in [-0.3, -0.25) is 9.59 Å². The fraction of sp³-hybridized carbons (Fsp3) is 0.833. The zero-order chi connectivity index (χ0) is 13.3. The molecule has 0 aromatic rings. The average molecular weight is 244 g/mol. The van der Waals surface area contributed by atoms with Gasteiger partial charge in [-0.25, -0.2) is 0 Å². The Balaban J connectivity index is 3.90. The lowest BCUT2D eigenvalue weighted by Gasteiger charge is -2.16. The summed E-state index contributed by atoms with van der Waals surface area (Å²) < 4.78 is 0. The highest BCUT2D eigenvalue weighted by Gasteiger charge is 2.15. The first-order valence-electron chi connectivity index (χ1n) is 6.21. The minimum atomic E-state index is -0.813. The van der Waals surface area contributed by atoms with Crippen molar-refractivity contribution in [1.82, 2.24) is 10.6 Å². The van der Waals surface area contributed by atoms with Crippen LogP contribution in [-0.2, 0) is 9.59 Å². The van der Waals surface area contributed by atoms with Crippen LogP contribution in [0.3, 0.4) is 0 Å². The van der Waals surface area contributed by atoms with E-state index in [4.69, 9.17) is 5.11 Å². The monoisotopic (exact) mass is 244 g/mol. The Morgan fingerprint density at radius 2 is 1.88 bits per heavy atom. The molecular formula is C12H24N2O3. The number of hydrogen-bond donors (Lipinski definition) is 3. The van der Waals surface area contributed by atoms with Crippen LogP contribution in [0.15, 0.2) is 0 Å². The number of carbonyl (C=O) groups excluding carboxylic acids is 1. The summed E-state index contributed by atoms with van der Waals surface area (Å²) in [4.78, 5) is 22.2. The third-order valence-corrected chi connectivity index (χ3v) is 2.75. The maximum Gasteiger partial charge on any atom is 0.303 e. The fourth-order valence-corrected chi connectivity index (χ4v) is 1.48. The molecular weight excluding hydrogens is 220 g/mol. The van der Waals surface area contributed by atoms with Crippen LogP contribution in [0.5, 0.6) is 0 Å². The van der Waals surface area contributed by atoms with Gasteiger partial charge in [-0.15, -0.1) is 0 Å². The summed E-state index contributed by atoms with van der Waals surface area (Å²) in [6.45, 7) is 7.72. The van der Waals surface area contributed by atoms with Crippen LogP contribution in [-0.4, -0.2) is 36.6 Å². The molecule has 0 spiro atoms. The van der Waals surface area contributed by atoms with Crippen LogP contribution in [0.1, 0.15) is 33.6 Å². The second-order valence-corrected chi connectivity index (χ2v) is 4.33. The Kier molecular flexibility index (Phi) is 8.40. The number of nitrogens with one attached hydrogen (secondary N) is 2. The standard InChI is InChI=1S/C12H24N2O3/c1-4-10(6-11(15)16)8-14-12(17)9(3)7-13-5-2/h9-10,13H,4-8H2,1-3H3,(H,14,17)(H,15,16). The van der Waals surface area contributed by atoms with Gasteiger partial charge in [0, 0.05) is 25.4 Å². The summed E-state index contributed by atoms with van der Waals surface area (Å²) >= 11 is 0. The number of hydrogen-bond acceptors (Lipinski definition) is 3. The van der Waals surface area contributed by atoms with Gasteiger partial charge in [-0.05, 0) is 12.5 Å². The van der Waals surface area contributed by atoms with E-state index >= 15 is 0 Å². The van der Waals surface area contributed by atoms with Crippen molar-refractivity contribution in [2.45, 2.75) is 33.6 Å². The van der Waals surface area contributed by atoms with Gasteiger partial charge < -0.3 is 15.7 Å². The largest absolute Gasteiger partial charge is 0.481 e. The first kappa shape index (κ1) is 15.9. The average Bonchev–Trinajstić information content (AvgIpc) is 2.30. The summed E-state index contributed by atoms with van der Waals surface area (Å²) in [5.74, 6) is -0.901. The molecule has 0 rings (SSSR count). The minimum Gasteiger partial charge on any atom is -0.481 e. The maximum atomic E-state index is 11.7. The molecule has 0 aliphatic carbocycles. The Labute approximate surface area is 103 Å². The lowest BCUT2D eigenvalue weighted by Crippen LogP contribution is -2.38. The highest BCUT2D eigenvalue weighted by atomic mass is 16.4. The Morgan fingerprint density at radius 1 is 1.24 bits per heavy atom. The van der Waals surface area contributed by atoms with E-state index in [0.29, 0.717) is 13.1 Å². The van der Waals surface area contributed by atoms with E-state index in [0.717, 1.165) is 13.0 Å². The van der Waals surface area contributed by atoms with E-state index in [1.54, 1.807) is 0 Å². The molecule has 1 amide bonds. The molecule has 0 fully saturated rings. The van der Waals surface area contributed by atoms with E-state index in [1.807, 2.05) is 20.8 Å². The van der Waals surface area contributed by atoms with Crippen molar-refractivity contribution in [2.75, 3.05) is 19.6 Å². The number of carboxylic acids is 1. The van der Waals surface area contributed by atoms with Gasteiger partial charge in [-0.2, -0.15) is 0 Å². The van der Waals surface area contributed by atoms with Crippen molar-refractivity contribution in [3.8, 4) is 0 Å². The molecule has 0 aromatic carbocycles. The third-order valence-electron chi connectivity index (χ3n) is 2.75. The van der Waals surface area contributed by atoms with E-state index in [9.17, 15) is 9.59 Å². The highest BCUT2D eigenvalue weighted by Crippen LogP contribution is 2.06. The third kappa shape index (κ3) is 7.74. The van der Waals surface area contributed by atoms with E-state index in [1.165, 1.54) is 0 Å². The van der Waals surface area contributed by atoms with Crippen molar-refractivity contribution < 1.29 is 14.7 Å². The summed E-state index contributed by atoms with van der Waals surface area (Å²) in [5, 5.41) is 14.6. The zero-order valence-electron chi connectivity index (χ0n) is 11.0. The Morgan fingerprint density at radius 3 is 2.35 bits per heavy atom. The van der Waals surface area contributed by atoms with Crippen LogP contribution >= 0.6 is 0 Å². The molecule has 2 atom stereocenters. The predicted octanol–water partition coefficient (Wildman–Crippen LogP) is 0.849. The van der Waals surface area contributed by atoms with Gasteiger partial charge in [0.25, 0.3) is 0 Å². The van der Waals surface area contributed by atoms with Gasteiger partial charge in [0.05, 0.1) is 0 Å². The van der Waals surface area contributed by atoms with Gasteiger partial charge in [0.2, 0.25) is 5.91 Å². The summed E-state index contributed by atoms with van der Waals surface area (Å²) in [6.07, 6.45) is 0.868. The summed E-state index contributed by atoms with van der Waals surface area (Å²) in [5.41, 5.74) is 0. The first-order chi connectivity index (χ1) is 8.01. The number of amides is 1. The molecule has 2 unspecified atom stereocenters. The number of carbonyl (C=O) groups is 2. The second-order valence-electron chi connectivity index (χ2n) is 4.33. The zero-order valence-corrected chi connectivity index (χ0v) is 11.0. The van der Waals surface area contributed by atoms with Crippen LogP contribution < -0.4 is 10.6 Å². The highest BCUT2D eigenvalue weighted by molar-refractivity contribution is 5.78. The van der Waals surface area contributed by atoms with E-state index in [-0.39, 0.29) is 24.2 Å². The Bertz CT molecular complexity index is 244. The molecule has 0 saturated carbocycles. The molecule has 0 aromatic heterocycles. The molecule has 0 heterocycles. The quantitative estimate of drug-likeness (QED) is 0.562. The fourth-order valence-electron chi connectivity index (χ4n) is 1.48. The van der Waals surface area contributed by atoms with E-state index < -0.39 is 5.97 Å². The second kappa shape index (κ2) is 8.98. The molecule has 0 aliphatic heterocycles. The molecule has 5 heteroatoms. The van der Waals surface area contributed by atoms with Gasteiger partial charge >= 0.3 is 5.97 Å². The van der Waals surface area contributed by atoms with Crippen molar-refractivity contribution in [3.05, 3.63) is 0 Å². The maximum absolute atomic E-state index is 11.7. The topological polar surface area (TPSA) is 78.4 Å². The number of aliphatic carboxylic acids is 1. The molecule has 100 valence electrons. The smallest absolute Gasteiger partial charge is 0.303 e. The minimum absolute atomic E-state index is 0.0165. The first-order valence-corrected chi connectivity index (χ1v) is 6.21. The molecule has 0 aliphatic rings. The van der Waals surface area contributed by atoms with Gasteiger partial charge in [-0.1, -0.05) is 27.2 Å². The summed E-state index contributed by atoms with van der Waals surface area (Å²) in [6, 6.07) is 0. The van der Waals surface area contributed by atoms with Crippen LogP contribution in [0.2, 0.25) is 0 Å². The molecule has 3 N–H and O–H groups in total. The van der Waals surface area contributed by atoms with Gasteiger partial charge in [0.15, 0.2) is 0 Å². The molecule has 17 heavy (non-hydrogen) atoms. The molecule has 0 saturated heterocycles. The molecule has 5 nitrogen and oxygen atoms in total. The van der Waals surface area contributed by atoms with Crippen LogP contribution in [0, 0.1) is 11.8 Å². The normalized spacial score (nSPS) is 14.1. The van der Waals surface area contributed by atoms with Gasteiger partial charge in [0.1, 0.15) is 0 Å². The van der Waals surface area contributed by atoms with Crippen molar-refractivity contribution in [2.24, 2.45) is 11.8 Å². The molecule has 0 bridgehead atoms. The number of carboxylic acid groups (broad SMARTS) is 1. The van der Waals surface area contributed by atoms with Crippen molar-refractivity contribution in [3.63, 3.8) is 0 Å².